The van der Waals surface area contributed by atoms with Gasteiger partial charge in [-0.15, -0.1) is 0 Å². The summed E-state index contributed by atoms with van der Waals surface area (Å²) in [5.74, 6) is -0.0359. The van der Waals surface area contributed by atoms with E-state index >= 15 is 0 Å². The third-order valence-electron chi connectivity index (χ3n) is 6.35. The molecule has 0 spiro atoms. The summed E-state index contributed by atoms with van der Waals surface area (Å²) in [6.07, 6.45) is -0.787. The number of hydrogen-bond acceptors (Lipinski definition) is 6. The number of nitrogens with one attached hydrogen (secondary N) is 1. The number of sulfonamides is 1. The average molecular weight is 522 g/mol. The van der Waals surface area contributed by atoms with Gasteiger partial charge in [0.25, 0.3) is 0 Å². The maximum Gasteiger partial charge on any atom is 0.414 e. The van der Waals surface area contributed by atoms with Crippen LogP contribution in [0.15, 0.2) is 83.8 Å². The molecule has 3 aromatic rings. The molecule has 3 aromatic carbocycles. The molecule has 0 aromatic heterocycles. The van der Waals surface area contributed by atoms with Gasteiger partial charge in [-0.2, -0.15) is 4.31 Å². The number of nitrogen functional groups attached to an aromatic ring is 1. The predicted molar refractivity (Wildman–Crippen MR) is 144 cm³/mol. The van der Waals surface area contributed by atoms with Gasteiger partial charge < -0.3 is 15.4 Å². The minimum atomic E-state index is -3.64. The molecule has 1 fully saturated rings. The normalized spacial score (nSPS) is 15.8. The Labute approximate surface area is 217 Å². The number of ether oxygens (including phenoxy) is 1. The first-order valence-corrected chi connectivity index (χ1v) is 13.3. The number of nitrogens with two attached hydrogens (primary N) is 1. The number of anilines is 1. The van der Waals surface area contributed by atoms with Gasteiger partial charge in [0.2, 0.25) is 10.0 Å². The van der Waals surface area contributed by atoms with Crippen LogP contribution in [0.1, 0.15) is 5.56 Å². The van der Waals surface area contributed by atoms with Crippen molar-refractivity contribution in [3.8, 4) is 11.1 Å². The number of hydrogen-bond donors (Lipinski definition) is 2. The Morgan fingerprint density at radius 1 is 0.973 bits per heavy atom. The first-order valence-electron chi connectivity index (χ1n) is 11.9. The van der Waals surface area contributed by atoms with E-state index in [0.29, 0.717) is 30.9 Å². The monoisotopic (exact) mass is 521 g/mol. The highest BCUT2D eigenvalue weighted by atomic mass is 32.2. The molecule has 1 heterocycles. The highest BCUT2D eigenvalue weighted by Gasteiger charge is 2.33. The molecule has 1 saturated heterocycles. The molecule has 194 valence electrons. The second kappa shape index (κ2) is 11.1. The number of amides is 1. The van der Waals surface area contributed by atoms with Crippen LogP contribution in [0.25, 0.3) is 11.1 Å². The minimum Gasteiger partial charge on any atom is -0.443 e. The Bertz CT molecular complexity index is 1350. The highest BCUT2D eigenvalue weighted by molar-refractivity contribution is 7.89. The summed E-state index contributed by atoms with van der Waals surface area (Å²) in [4.78, 5) is 16.1. The zero-order valence-electron chi connectivity index (χ0n) is 20.9. The Balaban J connectivity index is 1.30. The molecular weight excluding hydrogens is 490 g/mol. The molecular formula is C27H31N5O4S. The lowest BCUT2D eigenvalue weighted by molar-refractivity contribution is 0.116. The van der Waals surface area contributed by atoms with E-state index in [-0.39, 0.29) is 23.4 Å². The fourth-order valence-electron chi connectivity index (χ4n) is 4.15. The van der Waals surface area contributed by atoms with Crippen LogP contribution >= 0.6 is 0 Å². The van der Waals surface area contributed by atoms with Crippen LogP contribution in [0.4, 0.5) is 10.5 Å². The molecule has 1 aliphatic heterocycles. The number of carbonyl (C=O) groups excluding carboxylic acids is 1. The first-order chi connectivity index (χ1) is 17.6. The van der Waals surface area contributed by atoms with Crippen molar-refractivity contribution in [3.05, 3.63) is 84.4 Å². The van der Waals surface area contributed by atoms with Crippen molar-refractivity contribution in [2.24, 2.45) is 5.73 Å². The summed E-state index contributed by atoms with van der Waals surface area (Å²) < 4.78 is 33.0. The number of benzene rings is 3. The third kappa shape index (κ3) is 6.16. The average Bonchev–Trinajstić information content (AvgIpc) is 3.27. The fraction of sp³-hybridized carbons (Fsp3) is 0.259. The number of cyclic esters (lactones) is 1. The van der Waals surface area contributed by atoms with E-state index in [1.165, 1.54) is 9.21 Å². The van der Waals surface area contributed by atoms with Crippen LogP contribution in [0.3, 0.4) is 0 Å². The molecule has 3 N–H and O–H groups in total. The van der Waals surface area contributed by atoms with Gasteiger partial charge in [0.1, 0.15) is 11.9 Å². The van der Waals surface area contributed by atoms with Crippen LogP contribution in [0, 0.1) is 5.41 Å². The number of nitrogens with zero attached hydrogens (tertiary/aromatic N) is 3. The number of carbonyl (C=O) groups is 1. The standard InChI is InChI=1S/C27H31N5O4S/c1-30(18-24-19-32(27(33)36-24)23-12-8-22(9-13-23)26(28)29)16-17-31(2)37(34,35)25-14-10-21(11-15-25)20-6-4-3-5-7-20/h3-15,24H,16-19H2,1-2H3,(H3,28,29). The summed E-state index contributed by atoms with van der Waals surface area (Å²) >= 11 is 0. The van der Waals surface area contributed by atoms with Gasteiger partial charge in [-0.25, -0.2) is 13.2 Å². The van der Waals surface area contributed by atoms with Gasteiger partial charge in [0.05, 0.1) is 11.4 Å². The second-order valence-corrected chi connectivity index (χ2v) is 11.1. The van der Waals surface area contributed by atoms with E-state index in [9.17, 15) is 13.2 Å². The molecule has 9 nitrogen and oxygen atoms in total. The summed E-state index contributed by atoms with van der Waals surface area (Å²) in [6.45, 7) is 1.60. The van der Waals surface area contributed by atoms with Crippen LogP contribution in [0.2, 0.25) is 0 Å². The lowest BCUT2D eigenvalue weighted by Gasteiger charge is -2.23. The van der Waals surface area contributed by atoms with Crippen molar-refractivity contribution in [2.75, 3.05) is 45.2 Å². The molecule has 0 saturated carbocycles. The molecule has 1 aliphatic rings. The lowest BCUT2D eigenvalue weighted by atomic mass is 10.1. The molecule has 37 heavy (non-hydrogen) atoms. The topological polar surface area (TPSA) is 120 Å². The van der Waals surface area contributed by atoms with Crippen molar-refractivity contribution >= 4 is 27.6 Å². The van der Waals surface area contributed by atoms with E-state index in [1.807, 2.05) is 54.4 Å². The van der Waals surface area contributed by atoms with E-state index in [2.05, 4.69) is 0 Å². The zero-order chi connectivity index (χ0) is 26.6. The molecule has 4 rings (SSSR count). The number of rotatable bonds is 10. The Morgan fingerprint density at radius 3 is 2.22 bits per heavy atom. The van der Waals surface area contributed by atoms with E-state index < -0.39 is 16.1 Å². The van der Waals surface area contributed by atoms with Gasteiger partial charge in [0, 0.05) is 37.9 Å². The predicted octanol–water partition coefficient (Wildman–Crippen LogP) is 3.22. The molecule has 1 amide bonds. The summed E-state index contributed by atoms with van der Waals surface area (Å²) in [6, 6.07) is 23.5. The molecule has 1 unspecified atom stereocenters. The molecule has 10 heteroatoms. The summed E-state index contributed by atoms with van der Waals surface area (Å²) in [5.41, 5.74) is 8.73. The summed E-state index contributed by atoms with van der Waals surface area (Å²) in [5, 5.41) is 7.49. The van der Waals surface area contributed by atoms with Gasteiger partial charge >= 0.3 is 6.09 Å². The fourth-order valence-corrected chi connectivity index (χ4v) is 5.31. The van der Waals surface area contributed by atoms with Gasteiger partial charge in [-0.05, 0) is 54.6 Å². The highest BCUT2D eigenvalue weighted by Crippen LogP contribution is 2.24. The molecule has 0 radical (unpaired) electrons. The quantitative estimate of drug-likeness (QED) is 0.312. The Morgan fingerprint density at radius 2 is 1.59 bits per heavy atom. The van der Waals surface area contributed by atoms with Gasteiger partial charge in [-0.3, -0.25) is 10.3 Å². The Hall–Kier alpha value is -3.73. The zero-order valence-corrected chi connectivity index (χ0v) is 21.7. The smallest absolute Gasteiger partial charge is 0.414 e. The van der Waals surface area contributed by atoms with Crippen LogP contribution in [-0.2, 0) is 14.8 Å². The maximum absolute atomic E-state index is 13.1. The number of amidine groups is 1. The first kappa shape index (κ1) is 26.3. The molecule has 0 bridgehead atoms. The SMILES string of the molecule is CN(CCN(C)S(=O)(=O)c1ccc(-c2ccccc2)cc1)CC1CN(c2ccc(C(=N)N)cc2)C(=O)O1. The Kier molecular flexibility index (Phi) is 7.91. The van der Waals surface area contributed by atoms with Crippen LogP contribution in [0.5, 0.6) is 0 Å². The maximum atomic E-state index is 13.1. The van der Waals surface area contributed by atoms with E-state index in [4.69, 9.17) is 15.9 Å². The van der Waals surface area contributed by atoms with E-state index in [0.717, 1.165) is 11.1 Å². The number of likely N-dealkylation sites (N-methyl/N-ethyl adjacent to an activating group) is 2. The van der Waals surface area contributed by atoms with Crippen molar-refractivity contribution in [3.63, 3.8) is 0 Å². The van der Waals surface area contributed by atoms with Crippen molar-refractivity contribution in [1.82, 2.24) is 9.21 Å². The molecule has 0 aliphatic carbocycles. The third-order valence-corrected chi connectivity index (χ3v) is 8.22. The van der Waals surface area contributed by atoms with Crippen LogP contribution < -0.4 is 10.6 Å². The minimum absolute atomic E-state index is 0.0359. The largest absolute Gasteiger partial charge is 0.443 e. The van der Waals surface area contributed by atoms with Crippen molar-refractivity contribution in [2.45, 2.75) is 11.0 Å². The second-order valence-electron chi connectivity index (χ2n) is 9.06. The summed E-state index contributed by atoms with van der Waals surface area (Å²) in [7, 11) is -0.201. The van der Waals surface area contributed by atoms with Crippen molar-refractivity contribution in [1.29, 1.82) is 5.41 Å². The van der Waals surface area contributed by atoms with Crippen molar-refractivity contribution < 1.29 is 17.9 Å². The van der Waals surface area contributed by atoms with Gasteiger partial charge in [-0.1, -0.05) is 42.5 Å². The molecule has 1 atom stereocenters. The van der Waals surface area contributed by atoms with Gasteiger partial charge in [0.15, 0.2) is 0 Å². The van der Waals surface area contributed by atoms with E-state index in [1.54, 1.807) is 43.4 Å². The van der Waals surface area contributed by atoms with Crippen LogP contribution in [-0.4, -0.2) is 75.9 Å². The lowest BCUT2D eigenvalue weighted by Crippen LogP contribution is -2.38.